The van der Waals surface area contributed by atoms with Crippen molar-refractivity contribution in [3.05, 3.63) is 58.1 Å². The smallest absolute Gasteiger partial charge is 0.346 e. The Kier molecular flexibility index (Phi) is 6.03. The van der Waals surface area contributed by atoms with Crippen molar-refractivity contribution in [3.8, 4) is 0 Å². The summed E-state index contributed by atoms with van der Waals surface area (Å²) in [7, 11) is 1.99. The van der Waals surface area contributed by atoms with Gasteiger partial charge in [0.1, 0.15) is 11.1 Å². The monoisotopic (exact) mass is 478 g/mol. The molecule has 2 aromatic carbocycles. The molecule has 3 aromatic rings. The van der Waals surface area contributed by atoms with Gasteiger partial charge in [0.25, 0.3) is 11.6 Å². The minimum absolute atomic E-state index is 0.102. The average Bonchev–Trinajstić information content (AvgIpc) is 3.32. The van der Waals surface area contributed by atoms with E-state index < -0.39 is 4.92 Å². The van der Waals surface area contributed by atoms with Crippen LogP contribution in [0, 0.1) is 10.1 Å². The van der Waals surface area contributed by atoms with Crippen LogP contribution in [-0.2, 0) is 0 Å². The third kappa shape index (κ3) is 4.39. The molecule has 0 spiro atoms. The van der Waals surface area contributed by atoms with Gasteiger partial charge in [0.05, 0.1) is 10.4 Å². The number of benzene rings is 2. The van der Waals surface area contributed by atoms with Gasteiger partial charge in [-0.3, -0.25) is 14.9 Å². The fourth-order valence-corrected chi connectivity index (χ4v) is 4.53. The Bertz CT molecular complexity index is 1280. The van der Waals surface area contributed by atoms with E-state index in [1.54, 1.807) is 34.1 Å². The highest BCUT2D eigenvalue weighted by molar-refractivity contribution is 5.99. The van der Waals surface area contributed by atoms with Crippen molar-refractivity contribution < 1.29 is 14.5 Å². The number of nitro benzene ring substituents is 1. The highest BCUT2D eigenvalue weighted by atomic mass is 16.6. The molecule has 35 heavy (non-hydrogen) atoms. The van der Waals surface area contributed by atoms with E-state index in [-0.39, 0.29) is 23.2 Å². The van der Waals surface area contributed by atoms with Crippen molar-refractivity contribution in [2.45, 2.75) is 0 Å². The number of hydrogen-bond donors (Lipinski definition) is 0. The van der Waals surface area contributed by atoms with Crippen molar-refractivity contribution in [1.82, 2.24) is 29.7 Å². The summed E-state index contributed by atoms with van der Waals surface area (Å²) in [4.78, 5) is 44.8. The Balaban J connectivity index is 1.31. The van der Waals surface area contributed by atoms with Gasteiger partial charge in [-0.05, 0) is 31.3 Å². The first-order valence-corrected chi connectivity index (χ1v) is 11.5. The topological polar surface area (TPSA) is 121 Å². The largest absolute Gasteiger partial charge is 0.368 e. The molecule has 2 amide bonds. The van der Waals surface area contributed by atoms with Crippen molar-refractivity contribution >= 4 is 34.3 Å². The first-order valence-electron chi connectivity index (χ1n) is 11.5. The number of piperazine rings is 2. The van der Waals surface area contributed by atoms with Gasteiger partial charge in [-0.15, -0.1) is 5.10 Å². The highest BCUT2D eigenvalue weighted by Crippen LogP contribution is 2.27. The summed E-state index contributed by atoms with van der Waals surface area (Å²) >= 11 is 0. The molecule has 12 heteroatoms. The van der Waals surface area contributed by atoms with Crippen LogP contribution in [0.25, 0.3) is 11.0 Å². The van der Waals surface area contributed by atoms with Gasteiger partial charge in [0.2, 0.25) is 0 Å². The fourth-order valence-electron chi connectivity index (χ4n) is 4.53. The first kappa shape index (κ1) is 22.7. The molecule has 0 unspecified atom stereocenters. The lowest BCUT2D eigenvalue weighted by Gasteiger charge is -2.36. The van der Waals surface area contributed by atoms with Crippen LogP contribution in [0.15, 0.2) is 42.5 Å². The molecule has 0 saturated carbocycles. The summed E-state index contributed by atoms with van der Waals surface area (Å²) in [6.07, 6.45) is 0. The van der Waals surface area contributed by atoms with Crippen molar-refractivity contribution in [2.24, 2.45) is 0 Å². The van der Waals surface area contributed by atoms with Crippen molar-refractivity contribution in [1.29, 1.82) is 0 Å². The number of fused-ring (bicyclic) bond motifs is 1. The Hall–Kier alpha value is -4.06. The van der Waals surface area contributed by atoms with Gasteiger partial charge < -0.3 is 19.6 Å². The lowest BCUT2D eigenvalue weighted by Crippen LogP contribution is -2.50. The van der Waals surface area contributed by atoms with Gasteiger partial charge in [-0.1, -0.05) is 17.3 Å². The molecule has 182 valence electrons. The predicted molar refractivity (Wildman–Crippen MR) is 129 cm³/mol. The normalized spacial score (nSPS) is 17.1. The van der Waals surface area contributed by atoms with E-state index in [1.807, 2.05) is 24.1 Å². The van der Waals surface area contributed by atoms with Crippen LogP contribution in [0.2, 0.25) is 0 Å². The van der Waals surface area contributed by atoms with E-state index in [0.29, 0.717) is 50.3 Å². The van der Waals surface area contributed by atoms with Gasteiger partial charge in [-0.25, -0.2) is 4.79 Å². The number of likely N-dealkylation sites (N-methyl/N-ethyl adjacent to an activating group) is 1. The summed E-state index contributed by atoms with van der Waals surface area (Å²) in [6, 6.07) is 11.7. The van der Waals surface area contributed by atoms with Gasteiger partial charge in [0, 0.05) is 64.1 Å². The molecule has 5 rings (SSSR count). The quantitative estimate of drug-likeness (QED) is 0.410. The summed E-state index contributed by atoms with van der Waals surface area (Å²) in [5.74, 6) is -0.321. The molecule has 2 aliphatic rings. The summed E-state index contributed by atoms with van der Waals surface area (Å²) in [6.45, 7) is 4.49. The van der Waals surface area contributed by atoms with Crippen LogP contribution in [0.5, 0.6) is 0 Å². The summed E-state index contributed by atoms with van der Waals surface area (Å²) in [5, 5.41) is 19.7. The van der Waals surface area contributed by atoms with Gasteiger partial charge in [0.15, 0.2) is 0 Å². The van der Waals surface area contributed by atoms with E-state index in [1.165, 1.54) is 10.7 Å². The first-order chi connectivity index (χ1) is 16.9. The molecule has 0 atom stereocenters. The van der Waals surface area contributed by atoms with Crippen LogP contribution in [0.3, 0.4) is 0 Å². The lowest BCUT2D eigenvalue weighted by molar-refractivity contribution is -0.385. The number of rotatable bonds is 3. The highest BCUT2D eigenvalue weighted by Gasteiger charge is 2.29. The Labute approximate surface area is 201 Å². The third-order valence-electron chi connectivity index (χ3n) is 6.65. The number of anilines is 1. The number of para-hydroxylation sites is 1. The van der Waals surface area contributed by atoms with Crippen LogP contribution in [0.1, 0.15) is 10.4 Å². The predicted octanol–water partition coefficient (Wildman–Crippen LogP) is 1.52. The molecule has 2 saturated heterocycles. The number of nitro groups is 1. The number of hydrogen-bond acceptors (Lipinski definition) is 8. The van der Waals surface area contributed by atoms with Crippen LogP contribution < -0.4 is 4.90 Å². The van der Waals surface area contributed by atoms with Gasteiger partial charge >= 0.3 is 6.03 Å². The van der Waals surface area contributed by atoms with E-state index in [0.717, 1.165) is 18.8 Å². The molecule has 3 heterocycles. The van der Waals surface area contributed by atoms with Crippen LogP contribution in [0.4, 0.5) is 16.2 Å². The minimum atomic E-state index is -0.508. The Morgan fingerprint density at radius 1 is 0.914 bits per heavy atom. The molecular weight excluding hydrogens is 452 g/mol. The standard InChI is InChI=1S/C23H26N8O4/c1-26-8-10-28(11-9-26)22(32)18-16-17(6-7-20(18)31(34)35)27-12-14-29(15-13-27)23(33)30-21-5-3-2-4-19(21)24-25-30/h2-7,16H,8-15H2,1H3. The maximum atomic E-state index is 13.2. The number of amides is 2. The molecule has 2 fully saturated rings. The Morgan fingerprint density at radius 3 is 2.31 bits per heavy atom. The molecule has 2 aliphatic heterocycles. The molecule has 1 aromatic heterocycles. The zero-order valence-corrected chi connectivity index (χ0v) is 19.4. The number of aromatic nitrogens is 3. The zero-order chi connectivity index (χ0) is 24.5. The molecule has 0 aliphatic carbocycles. The van der Waals surface area contributed by atoms with E-state index in [9.17, 15) is 19.7 Å². The van der Waals surface area contributed by atoms with E-state index >= 15 is 0 Å². The number of carbonyl (C=O) groups excluding carboxylic acids is 2. The second-order valence-corrected chi connectivity index (χ2v) is 8.80. The lowest BCUT2D eigenvalue weighted by atomic mass is 10.1. The molecular formula is C23H26N8O4. The van der Waals surface area contributed by atoms with Crippen LogP contribution >= 0.6 is 0 Å². The number of nitrogens with zero attached hydrogens (tertiary/aromatic N) is 8. The second kappa shape index (κ2) is 9.29. The Morgan fingerprint density at radius 2 is 1.60 bits per heavy atom. The minimum Gasteiger partial charge on any atom is -0.368 e. The number of carbonyl (C=O) groups is 2. The average molecular weight is 479 g/mol. The SMILES string of the molecule is CN1CCN(C(=O)c2cc(N3CCN(C(=O)n4nnc5ccccc54)CC3)ccc2[N+](=O)[O-])CC1. The van der Waals surface area contributed by atoms with Crippen molar-refractivity contribution in [2.75, 3.05) is 64.3 Å². The molecule has 0 radical (unpaired) electrons. The maximum absolute atomic E-state index is 13.2. The maximum Gasteiger partial charge on any atom is 0.346 e. The van der Waals surface area contributed by atoms with Crippen LogP contribution in [-0.4, -0.2) is 106 Å². The zero-order valence-electron chi connectivity index (χ0n) is 19.4. The second-order valence-electron chi connectivity index (χ2n) is 8.80. The van der Waals surface area contributed by atoms with E-state index in [2.05, 4.69) is 15.2 Å². The fraction of sp³-hybridized carbons (Fsp3) is 0.391. The molecule has 0 N–H and O–H groups in total. The summed E-state index contributed by atoms with van der Waals surface area (Å²) < 4.78 is 1.31. The van der Waals surface area contributed by atoms with Crippen molar-refractivity contribution in [3.63, 3.8) is 0 Å². The molecule has 0 bridgehead atoms. The van der Waals surface area contributed by atoms with E-state index in [4.69, 9.17) is 0 Å². The molecule has 12 nitrogen and oxygen atoms in total. The third-order valence-corrected chi connectivity index (χ3v) is 6.65. The van der Waals surface area contributed by atoms with Gasteiger partial charge in [-0.2, -0.15) is 4.68 Å². The summed E-state index contributed by atoms with van der Waals surface area (Å²) in [5.41, 5.74) is 1.95.